The van der Waals surface area contributed by atoms with Crippen LogP contribution in [-0.4, -0.2) is 22.2 Å². The lowest BCUT2D eigenvalue weighted by molar-refractivity contribution is -0.104. The highest BCUT2D eigenvalue weighted by Crippen LogP contribution is 2.26. The Kier molecular flexibility index (Phi) is 6.11. The molecule has 1 aromatic carbocycles. The van der Waals surface area contributed by atoms with Gasteiger partial charge < -0.3 is 0 Å². The summed E-state index contributed by atoms with van der Waals surface area (Å²) in [5.74, 6) is -0.323. The van der Waals surface area contributed by atoms with Crippen molar-refractivity contribution in [1.82, 2.24) is 9.97 Å². The number of hydrogen-bond donors (Lipinski definition) is 1. The maximum atomic E-state index is 12.2. The largest absolute Gasteiger partial charge is 0.298 e. The van der Waals surface area contributed by atoms with Crippen molar-refractivity contribution in [2.75, 3.05) is 5.32 Å². The second kappa shape index (κ2) is 8.70. The van der Waals surface area contributed by atoms with Gasteiger partial charge in [-0.25, -0.2) is 4.98 Å². The van der Waals surface area contributed by atoms with E-state index in [1.165, 1.54) is 11.3 Å². The molecule has 2 heterocycles. The van der Waals surface area contributed by atoms with Crippen LogP contribution in [0.5, 0.6) is 0 Å². The van der Waals surface area contributed by atoms with Gasteiger partial charge in [-0.05, 0) is 48.4 Å². The SMILES string of the molecule is Cc1nc(NC(=O)c2ccccn2)sc1C=C(C=O)Cc1ccc(Cl)cc1. The summed E-state index contributed by atoms with van der Waals surface area (Å²) >= 11 is 7.20. The number of anilines is 1. The van der Waals surface area contributed by atoms with E-state index >= 15 is 0 Å². The summed E-state index contributed by atoms with van der Waals surface area (Å²) in [6, 6.07) is 12.5. The fraction of sp³-hybridized carbons (Fsp3) is 0.100. The summed E-state index contributed by atoms with van der Waals surface area (Å²) in [5, 5.41) is 3.86. The average molecular weight is 398 g/mol. The number of halogens is 1. The van der Waals surface area contributed by atoms with E-state index in [1.54, 1.807) is 42.6 Å². The molecule has 0 saturated heterocycles. The first kappa shape index (κ1) is 18.9. The molecule has 5 nitrogen and oxygen atoms in total. The third kappa shape index (κ3) is 5.09. The molecule has 0 aliphatic rings. The first-order valence-corrected chi connectivity index (χ1v) is 9.34. The molecule has 3 rings (SSSR count). The Labute approximate surface area is 165 Å². The van der Waals surface area contributed by atoms with Gasteiger partial charge in [0.05, 0.1) is 10.6 Å². The molecular weight excluding hydrogens is 382 g/mol. The molecule has 27 heavy (non-hydrogen) atoms. The summed E-state index contributed by atoms with van der Waals surface area (Å²) < 4.78 is 0. The van der Waals surface area contributed by atoms with Gasteiger partial charge >= 0.3 is 0 Å². The highest BCUT2D eigenvalue weighted by Gasteiger charge is 2.12. The van der Waals surface area contributed by atoms with Crippen molar-refractivity contribution in [3.63, 3.8) is 0 Å². The lowest BCUT2D eigenvalue weighted by Crippen LogP contribution is -2.13. The summed E-state index contributed by atoms with van der Waals surface area (Å²) in [6.07, 6.45) is 4.68. The van der Waals surface area contributed by atoms with Crippen molar-refractivity contribution >= 4 is 46.3 Å². The number of amides is 1. The number of thiazole rings is 1. The Hall–Kier alpha value is -2.83. The van der Waals surface area contributed by atoms with Gasteiger partial charge in [0.25, 0.3) is 5.91 Å². The molecule has 0 radical (unpaired) electrons. The molecule has 0 bridgehead atoms. The predicted molar refractivity (Wildman–Crippen MR) is 108 cm³/mol. The number of aryl methyl sites for hydroxylation is 1. The standard InChI is InChI=1S/C20H16ClN3O2S/c1-13-18(11-15(12-25)10-14-5-7-16(21)8-6-14)27-20(23-13)24-19(26)17-4-2-3-9-22-17/h2-9,11-12H,10H2,1H3,(H,23,24,26). The number of aldehydes is 1. The van der Waals surface area contributed by atoms with Gasteiger partial charge in [-0.1, -0.05) is 41.1 Å². The average Bonchev–Trinajstić information content (AvgIpc) is 3.02. The number of carbonyl (C=O) groups is 2. The van der Waals surface area contributed by atoms with Gasteiger partial charge in [0.1, 0.15) is 12.0 Å². The molecule has 0 aliphatic carbocycles. The maximum Gasteiger partial charge on any atom is 0.276 e. The predicted octanol–water partition coefficient (Wildman–Crippen LogP) is 4.58. The van der Waals surface area contributed by atoms with E-state index in [2.05, 4.69) is 15.3 Å². The molecule has 0 unspecified atom stereocenters. The van der Waals surface area contributed by atoms with Crippen LogP contribution in [0.3, 0.4) is 0 Å². The molecule has 136 valence electrons. The van der Waals surface area contributed by atoms with Crippen LogP contribution in [0.25, 0.3) is 6.08 Å². The number of allylic oxidation sites excluding steroid dienone is 1. The number of rotatable bonds is 6. The van der Waals surface area contributed by atoms with Crippen molar-refractivity contribution in [3.05, 3.63) is 81.1 Å². The van der Waals surface area contributed by atoms with Crippen LogP contribution in [-0.2, 0) is 11.2 Å². The number of hydrogen-bond acceptors (Lipinski definition) is 5. The van der Waals surface area contributed by atoms with E-state index in [4.69, 9.17) is 11.6 Å². The van der Waals surface area contributed by atoms with Gasteiger partial charge in [0, 0.05) is 17.6 Å². The number of nitrogens with one attached hydrogen (secondary N) is 1. The van der Waals surface area contributed by atoms with Crippen LogP contribution < -0.4 is 5.32 Å². The summed E-state index contributed by atoms with van der Waals surface area (Å²) in [5.41, 5.74) is 2.67. The third-order valence-electron chi connectivity index (χ3n) is 3.74. The van der Waals surface area contributed by atoms with Gasteiger partial charge in [-0.15, -0.1) is 0 Å². The Morgan fingerprint density at radius 3 is 2.67 bits per heavy atom. The monoisotopic (exact) mass is 397 g/mol. The van der Waals surface area contributed by atoms with E-state index in [1.807, 2.05) is 19.1 Å². The molecule has 7 heteroatoms. The lowest BCUT2D eigenvalue weighted by Gasteiger charge is -2.01. The zero-order valence-corrected chi connectivity index (χ0v) is 16.1. The zero-order valence-electron chi connectivity index (χ0n) is 14.5. The second-order valence-corrected chi connectivity index (χ2v) is 7.25. The zero-order chi connectivity index (χ0) is 19.2. The topological polar surface area (TPSA) is 72.0 Å². The summed E-state index contributed by atoms with van der Waals surface area (Å²) in [4.78, 5) is 32.9. The van der Waals surface area contributed by atoms with E-state index in [0.29, 0.717) is 27.8 Å². The fourth-order valence-electron chi connectivity index (χ4n) is 2.39. The van der Waals surface area contributed by atoms with Gasteiger partial charge in [-0.3, -0.25) is 19.9 Å². The van der Waals surface area contributed by atoms with Crippen LogP contribution in [0.15, 0.2) is 54.2 Å². The Bertz CT molecular complexity index is 982. The minimum atomic E-state index is -0.323. The Balaban J connectivity index is 1.76. The molecule has 0 atom stereocenters. The van der Waals surface area contributed by atoms with Gasteiger partial charge in [0.2, 0.25) is 0 Å². The molecule has 1 N–H and O–H groups in total. The number of aromatic nitrogens is 2. The van der Waals surface area contributed by atoms with Gasteiger partial charge in [-0.2, -0.15) is 0 Å². The molecular formula is C20H16ClN3O2S. The van der Waals surface area contributed by atoms with Crippen molar-refractivity contribution < 1.29 is 9.59 Å². The number of nitrogens with zero attached hydrogens (tertiary/aromatic N) is 2. The molecule has 2 aromatic heterocycles. The summed E-state index contributed by atoms with van der Waals surface area (Å²) in [7, 11) is 0. The molecule has 3 aromatic rings. The quantitative estimate of drug-likeness (QED) is 0.488. The van der Waals surface area contributed by atoms with Crippen LogP contribution in [0.2, 0.25) is 5.02 Å². The van der Waals surface area contributed by atoms with E-state index < -0.39 is 0 Å². The number of benzene rings is 1. The van der Waals surface area contributed by atoms with Crippen molar-refractivity contribution in [2.24, 2.45) is 0 Å². The molecule has 1 amide bonds. The van der Waals surface area contributed by atoms with Gasteiger partial charge in [0.15, 0.2) is 5.13 Å². The first-order valence-electron chi connectivity index (χ1n) is 8.15. The van der Waals surface area contributed by atoms with Crippen LogP contribution in [0, 0.1) is 6.92 Å². The van der Waals surface area contributed by atoms with Crippen LogP contribution >= 0.6 is 22.9 Å². The highest BCUT2D eigenvalue weighted by molar-refractivity contribution is 7.16. The third-order valence-corrected chi connectivity index (χ3v) is 5.01. The smallest absolute Gasteiger partial charge is 0.276 e. The second-order valence-electron chi connectivity index (χ2n) is 5.78. The maximum absolute atomic E-state index is 12.2. The molecule has 0 spiro atoms. The number of pyridine rings is 1. The minimum Gasteiger partial charge on any atom is -0.298 e. The fourth-order valence-corrected chi connectivity index (χ4v) is 3.45. The first-order chi connectivity index (χ1) is 13.0. The van der Waals surface area contributed by atoms with Crippen molar-refractivity contribution in [3.8, 4) is 0 Å². The van der Waals surface area contributed by atoms with E-state index in [-0.39, 0.29) is 5.91 Å². The summed E-state index contributed by atoms with van der Waals surface area (Å²) in [6.45, 7) is 1.84. The molecule has 0 fully saturated rings. The normalized spacial score (nSPS) is 11.3. The van der Waals surface area contributed by atoms with E-state index in [9.17, 15) is 9.59 Å². The number of carbonyl (C=O) groups excluding carboxylic acids is 2. The molecule has 0 aliphatic heterocycles. The Morgan fingerprint density at radius 1 is 1.22 bits per heavy atom. The van der Waals surface area contributed by atoms with Crippen LogP contribution in [0.4, 0.5) is 5.13 Å². The van der Waals surface area contributed by atoms with Crippen molar-refractivity contribution in [1.29, 1.82) is 0 Å². The van der Waals surface area contributed by atoms with Crippen LogP contribution in [0.1, 0.15) is 26.6 Å². The molecule has 0 saturated carbocycles. The highest BCUT2D eigenvalue weighted by atomic mass is 35.5. The van der Waals surface area contributed by atoms with Crippen molar-refractivity contribution in [2.45, 2.75) is 13.3 Å². The minimum absolute atomic E-state index is 0.318. The Morgan fingerprint density at radius 2 is 2.00 bits per heavy atom. The van der Waals surface area contributed by atoms with E-state index in [0.717, 1.165) is 22.4 Å². The lowest BCUT2D eigenvalue weighted by atomic mass is 10.1.